The fourth-order valence-corrected chi connectivity index (χ4v) is 3.53. The number of anilines is 1. The molecule has 0 aromatic carbocycles. The van der Waals surface area contributed by atoms with Gasteiger partial charge in [-0.05, 0) is 57.5 Å². The molecule has 33 heavy (non-hydrogen) atoms. The van der Waals surface area contributed by atoms with Crippen LogP contribution in [0.15, 0.2) is 64.2 Å². The molecular weight excluding hydrogens is 420 g/mol. The number of fused-ring (bicyclic) bond motifs is 1. The summed E-state index contributed by atoms with van der Waals surface area (Å²) >= 11 is 0. The summed E-state index contributed by atoms with van der Waals surface area (Å²) in [4.78, 5) is 21.0. The van der Waals surface area contributed by atoms with Crippen molar-refractivity contribution in [1.82, 2.24) is 14.5 Å². The lowest BCUT2D eigenvalue weighted by molar-refractivity contribution is 0.0605. The number of nitrogens with one attached hydrogen (secondary N) is 1. The van der Waals surface area contributed by atoms with E-state index in [2.05, 4.69) is 15.3 Å². The van der Waals surface area contributed by atoms with Gasteiger partial charge in [0.05, 0.1) is 17.7 Å². The van der Waals surface area contributed by atoms with E-state index in [1.165, 1.54) is 10.6 Å². The van der Waals surface area contributed by atoms with Crippen molar-refractivity contribution >= 4 is 16.9 Å². The summed E-state index contributed by atoms with van der Waals surface area (Å²) in [5.74, 6) is 1.22. The minimum atomic E-state index is -1.02. The van der Waals surface area contributed by atoms with E-state index in [0.29, 0.717) is 34.8 Å². The van der Waals surface area contributed by atoms with Crippen molar-refractivity contribution in [2.24, 2.45) is 0 Å². The van der Waals surface area contributed by atoms with Gasteiger partial charge in [-0.3, -0.25) is 9.78 Å². The third-order valence-corrected chi connectivity index (χ3v) is 5.01. The van der Waals surface area contributed by atoms with Crippen LogP contribution in [-0.2, 0) is 6.54 Å². The maximum Gasteiger partial charge on any atom is 0.250 e. The Kier molecular flexibility index (Phi) is 5.82. The van der Waals surface area contributed by atoms with Gasteiger partial charge in [0.2, 0.25) is 0 Å². The molecule has 0 fully saturated rings. The predicted molar refractivity (Wildman–Crippen MR) is 128 cm³/mol. The fourth-order valence-electron chi connectivity index (χ4n) is 3.53. The van der Waals surface area contributed by atoms with Gasteiger partial charge in [-0.1, -0.05) is 0 Å². The summed E-state index contributed by atoms with van der Waals surface area (Å²) in [6.07, 6.45) is 5.10. The Morgan fingerprint density at radius 1 is 0.970 bits per heavy atom. The van der Waals surface area contributed by atoms with Gasteiger partial charge >= 0.3 is 0 Å². The van der Waals surface area contributed by atoms with E-state index in [1.54, 1.807) is 52.4 Å². The van der Waals surface area contributed by atoms with Crippen molar-refractivity contribution in [3.63, 3.8) is 0 Å². The highest BCUT2D eigenvalue weighted by molar-refractivity contribution is 5.92. The van der Waals surface area contributed by atoms with Crippen LogP contribution >= 0.6 is 0 Å². The van der Waals surface area contributed by atoms with Crippen molar-refractivity contribution in [2.75, 3.05) is 11.9 Å². The summed E-state index contributed by atoms with van der Waals surface area (Å²) in [5, 5.41) is 23.2. The SMILES string of the molecule is CC(C)(O)CNc1cc(-c2ccnc3cc(-c4ccc(=O)n(CC(C)(C)O)c4)oc23)ccn1. The topological polar surface area (TPSA) is 113 Å². The monoisotopic (exact) mass is 448 g/mol. The van der Waals surface area contributed by atoms with E-state index >= 15 is 0 Å². The first kappa shape index (κ1) is 22.7. The molecule has 0 amide bonds. The Bertz CT molecular complexity index is 1340. The summed E-state index contributed by atoms with van der Waals surface area (Å²) in [5.41, 5.74) is 1.68. The fraction of sp³-hybridized carbons (Fsp3) is 0.320. The lowest BCUT2D eigenvalue weighted by Gasteiger charge is -2.18. The van der Waals surface area contributed by atoms with Gasteiger partial charge in [0.1, 0.15) is 17.1 Å². The number of pyridine rings is 3. The number of hydrogen-bond donors (Lipinski definition) is 3. The van der Waals surface area contributed by atoms with Crippen LogP contribution in [0.4, 0.5) is 5.82 Å². The zero-order chi connectivity index (χ0) is 23.8. The second kappa shape index (κ2) is 8.46. The van der Waals surface area contributed by atoms with Crippen LogP contribution in [0.1, 0.15) is 27.7 Å². The quantitative estimate of drug-likeness (QED) is 0.395. The molecule has 0 aliphatic heterocycles. The van der Waals surface area contributed by atoms with E-state index in [1.807, 2.05) is 24.3 Å². The van der Waals surface area contributed by atoms with Crippen molar-refractivity contribution in [1.29, 1.82) is 0 Å². The summed E-state index contributed by atoms with van der Waals surface area (Å²) in [6.45, 7) is 7.30. The Balaban J connectivity index is 1.72. The van der Waals surface area contributed by atoms with Gasteiger partial charge < -0.3 is 24.5 Å². The lowest BCUT2D eigenvalue weighted by Crippen LogP contribution is -2.32. The molecule has 0 spiro atoms. The first-order valence-corrected chi connectivity index (χ1v) is 10.7. The smallest absolute Gasteiger partial charge is 0.250 e. The minimum absolute atomic E-state index is 0.167. The third-order valence-electron chi connectivity index (χ3n) is 5.01. The van der Waals surface area contributed by atoms with Gasteiger partial charge in [0.25, 0.3) is 5.56 Å². The molecule has 4 aromatic rings. The second-order valence-electron chi connectivity index (χ2n) is 9.48. The average Bonchev–Trinajstić information content (AvgIpc) is 3.17. The molecule has 0 bridgehead atoms. The van der Waals surface area contributed by atoms with Gasteiger partial charge in [-0.15, -0.1) is 0 Å². The van der Waals surface area contributed by atoms with Gasteiger partial charge in [0, 0.05) is 48.4 Å². The first-order valence-electron chi connectivity index (χ1n) is 10.7. The van der Waals surface area contributed by atoms with Gasteiger partial charge in [-0.25, -0.2) is 4.98 Å². The minimum Gasteiger partial charge on any atom is -0.454 e. The normalized spacial score (nSPS) is 12.3. The van der Waals surface area contributed by atoms with Crippen LogP contribution in [-0.4, -0.2) is 42.5 Å². The summed E-state index contributed by atoms with van der Waals surface area (Å²) < 4.78 is 7.67. The van der Waals surface area contributed by atoms with Crippen LogP contribution in [0.5, 0.6) is 0 Å². The number of furan rings is 1. The predicted octanol–water partition coefficient (Wildman–Crippen LogP) is 3.67. The van der Waals surface area contributed by atoms with Crippen molar-refractivity contribution in [2.45, 2.75) is 45.4 Å². The van der Waals surface area contributed by atoms with Crippen LogP contribution in [0.25, 0.3) is 33.6 Å². The highest BCUT2D eigenvalue weighted by Gasteiger charge is 2.17. The maximum atomic E-state index is 12.2. The molecule has 0 radical (unpaired) electrons. The number of aliphatic hydroxyl groups is 2. The standard InChI is InChI=1S/C25H28N4O4/c1-24(2,31)14-28-21-11-16(7-9-27-21)18-8-10-26-19-12-20(33-23(18)19)17-5-6-22(30)29(13-17)15-25(3,4)32/h5-13,31-32H,14-15H2,1-4H3,(H,27,28). The molecule has 0 atom stereocenters. The number of hydrogen-bond acceptors (Lipinski definition) is 7. The molecule has 0 saturated carbocycles. The van der Waals surface area contributed by atoms with Crippen LogP contribution < -0.4 is 10.9 Å². The van der Waals surface area contributed by atoms with Crippen LogP contribution in [0, 0.1) is 0 Å². The summed E-state index contributed by atoms with van der Waals surface area (Å²) in [7, 11) is 0. The Hall–Kier alpha value is -3.49. The molecule has 0 aliphatic carbocycles. The van der Waals surface area contributed by atoms with Gasteiger partial charge in [0.15, 0.2) is 5.58 Å². The van der Waals surface area contributed by atoms with E-state index < -0.39 is 11.2 Å². The van der Waals surface area contributed by atoms with E-state index in [-0.39, 0.29) is 12.1 Å². The molecule has 8 heteroatoms. The molecule has 4 aromatic heterocycles. The zero-order valence-corrected chi connectivity index (χ0v) is 19.2. The Labute approximate surface area is 191 Å². The van der Waals surface area contributed by atoms with E-state index in [9.17, 15) is 15.0 Å². The Morgan fingerprint density at radius 2 is 1.73 bits per heavy atom. The maximum absolute atomic E-state index is 12.2. The highest BCUT2D eigenvalue weighted by Crippen LogP contribution is 2.34. The second-order valence-corrected chi connectivity index (χ2v) is 9.48. The lowest BCUT2D eigenvalue weighted by atomic mass is 10.1. The van der Waals surface area contributed by atoms with Crippen molar-refractivity contribution < 1.29 is 14.6 Å². The molecule has 0 saturated heterocycles. The highest BCUT2D eigenvalue weighted by atomic mass is 16.3. The third kappa shape index (κ3) is 5.47. The molecule has 4 heterocycles. The number of rotatable bonds is 7. The van der Waals surface area contributed by atoms with Crippen LogP contribution in [0.2, 0.25) is 0 Å². The van der Waals surface area contributed by atoms with Crippen molar-refractivity contribution in [3.05, 3.63) is 65.3 Å². The molecule has 4 rings (SSSR count). The molecular formula is C25H28N4O4. The van der Waals surface area contributed by atoms with Crippen molar-refractivity contribution in [3.8, 4) is 22.5 Å². The zero-order valence-electron chi connectivity index (χ0n) is 19.2. The Morgan fingerprint density at radius 3 is 2.45 bits per heavy atom. The molecule has 172 valence electrons. The van der Waals surface area contributed by atoms with E-state index in [4.69, 9.17) is 4.42 Å². The van der Waals surface area contributed by atoms with E-state index in [0.717, 1.165) is 11.1 Å². The molecule has 8 nitrogen and oxygen atoms in total. The number of aromatic nitrogens is 3. The largest absolute Gasteiger partial charge is 0.454 e. The first-order chi connectivity index (χ1) is 15.5. The molecule has 3 N–H and O–H groups in total. The molecule has 0 aliphatic rings. The number of nitrogens with zero attached hydrogens (tertiary/aromatic N) is 3. The van der Waals surface area contributed by atoms with Gasteiger partial charge in [-0.2, -0.15) is 0 Å². The average molecular weight is 449 g/mol. The van der Waals surface area contributed by atoms with Crippen LogP contribution in [0.3, 0.4) is 0 Å². The summed E-state index contributed by atoms with van der Waals surface area (Å²) in [6, 6.07) is 10.7. The molecule has 0 unspecified atom stereocenters.